The first-order chi connectivity index (χ1) is 13.1. The minimum absolute atomic E-state index is 0.145. The molecule has 0 saturated heterocycles. The number of amides is 1. The molecular weight excluding hydrogens is 370 g/mol. The largest absolute Gasteiger partial charge is 0.486 e. The number of para-hydroxylation sites is 1. The average molecular weight is 386 g/mol. The third-order valence-corrected chi connectivity index (χ3v) is 4.47. The van der Waals surface area contributed by atoms with E-state index in [4.69, 9.17) is 21.1 Å². The Morgan fingerprint density at radius 1 is 1.19 bits per heavy atom. The summed E-state index contributed by atoms with van der Waals surface area (Å²) >= 11 is 6.20. The molecular formula is C19H16ClN3O4. The minimum atomic E-state index is -0.246. The van der Waals surface area contributed by atoms with E-state index >= 15 is 0 Å². The normalized spacial score (nSPS) is 12.8. The van der Waals surface area contributed by atoms with Crippen molar-refractivity contribution in [2.75, 3.05) is 18.5 Å². The predicted molar refractivity (Wildman–Crippen MR) is 102 cm³/mol. The highest BCUT2D eigenvalue weighted by Gasteiger charge is 2.16. The van der Waals surface area contributed by atoms with Crippen LogP contribution in [0.15, 0.2) is 41.2 Å². The average Bonchev–Trinajstić information content (AvgIpc) is 2.67. The Labute approximate surface area is 159 Å². The molecule has 2 heterocycles. The van der Waals surface area contributed by atoms with Gasteiger partial charge in [0.2, 0.25) is 5.91 Å². The fourth-order valence-electron chi connectivity index (χ4n) is 2.86. The molecule has 0 fully saturated rings. The summed E-state index contributed by atoms with van der Waals surface area (Å²) in [5.41, 5.74) is 0.836. The lowest BCUT2D eigenvalue weighted by molar-refractivity contribution is -0.116. The second kappa shape index (κ2) is 7.28. The van der Waals surface area contributed by atoms with E-state index in [0.29, 0.717) is 58.6 Å². The molecule has 2 N–H and O–H groups in total. The number of nitrogens with one attached hydrogen (secondary N) is 2. The molecule has 0 unspecified atom stereocenters. The zero-order valence-electron chi connectivity index (χ0n) is 14.3. The van der Waals surface area contributed by atoms with Crippen molar-refractivity contribution in [2.45, 2.75) is 12.8 Å². The third kappa shape index (κ3) is 3.73. The van der Waals surface area contributed by atoms with E-state index in [9.17, 15) is 9.59 Å². The maximum absolute atomic E-state index is 12.3. The van der Waals surface area contributed by atoms with E-state index in [2.05, 4.69) is 15.3 Å². The number of aryl methyl sites for hydroxylation is 1. The van der Waals surface area contributed by atoms with E-state index in [-0.39, 0.29) is 17.9 Å². The van der Waals surface area contributed by atoms with Crippen molar-refractivity contribution in [2.24, 2.45) is 0 Å². The third-order valence-electron chi connectivity index (χ3n) is 4.16. The summed E-state index contributed by atoms with van der Waals surface area (Å²) in [6, 6.07) is 10.3. The van der Waals surface area contributed by atoms with Gasteiger partial charge in [0, 0.05) is 25.0 Å². The van der Waals surface area contributed by atoms with Crippen LogP contribution in [0.4, 0.5) is 5.69 Å². The molecule has 7 nitrogen and oxygen atoms in total. The second-order valence-corrected chi connectivity index (χ2v) is 6.46. The molecule has 0 spiro atoms. The molecule has 3 aromatic rings. The Morgan fingerprint density at radius 2 is 1.93 bits per heavy atom. The molecule has 0 radical (unpaired) electrons. The SMILES string of the molecule is O=C(CCc1nc2ccccc2c(=O)[nH]1)Nc1cc2c(cc1Cl)OCCO2. The van der Waals surface area contributed by atoms with Crippen molar-refractivity contribution in [1.29, 1.82) is 0 Å². The molecule has 2 aromatic carbocycles. The number of hydrogen-bond acceptors (Lipinski definition) is 5. The molecule has 0 atom stereocenters. The van der Waals surface area contributed by atoms with Crippen LogP contribution in [-0.4, -0.2) is 29.1 Å². The number of rotatable bonds is 4. The number of fused-ring (bicyclic) bond motifs is 2. The molecule has 0 aliphatic carbocycles. The first-order valence-corrected chi connectivity index (χ1v) is 8.85. The number of anilines is 1. The Balaban J connectivity index is 1.45. The van der Waals surface area contributed by atoms with Gasteiger partial charge in [0.25, 0.3) is 5.56 Å². The highest BCUT2D eigenvalue weighted by molar-refractivity contribution is 6.34. The van der Waals surface area contributed by atoms with Crippen LogP contribution in [0.1, 0.15) is 12.2 Å². The van der Waals surface area contributed by atoms with Crippen LogP contribution < -0.4 is 20.3 Å². The molecule has 1 aromatic heterocycles. The fourth-order valence-corrected chi connectivity index (χ4v) is 3.06. The first kappa shape index (κ1) is 17.4. The van der Waals surface area contributed by atoms with Crippen molar-refractivity contribution in [3.8, 4) is 11.5 Å². The summed E-state index contributed by atoms with van der Waals surface area (Å²) in [4.78, 5) is 31.5. The van der Waals surface area contributed by atoms with E-state index in [0.717, 1.165) is 0 Å². The van der Waals surface area contributed by atoms with E-state index in [1.54, 1.807) is 30.3 Å². The summed E-state index contributed by atoms with van der Waals surface area (Å²) in [5, 5.41) is 3.64. The zero-order chi connectivity index (χ0) is 18.8. The number of aromatic nitrogens is 2. The van der Waals surface area contributed by atoms with Crippen LogP contribution in [-0.2, 0) is 11.2 Å². The van der Waals surface area contributed by atoms with Gasteiger partial charge in [-0.1, -0.05) is 23.7 Å². The number of carbonyl (C=O) groups is 1. The number of nitrogens with zero attached hydrogens (tertiary/aromatic N) is 1. The number of benzene rings is 2. The number of halogens is 1. The summed E-state index contributed by atoms with van der Waals surface area (Å²) in [7, 11) is 0. The van der Waals surface area contributed by atoms with Crippen molar-refractivity contribution < 1.29 is 14.3 Å². The van der Waals surface area contributed by atoms with Gasteiger partial charge < -0.3 is 19.8 Å². The number of carbonyl (C=O) groups excluding carboxylic acids is 1. The Kier molecular flexibility index (Phi) is 4.68. The quantitative estimate of drug-likeness (QED) is 0.720. The Hall–Kier alpha value is -3.06. The minimum Gasteiger partial charge on any atom is -0.486 e. The van der Waals surface area contributed by atoms with E-state index in [1.165, 1.54) is 0 Å². The molecule has 1 amide bonds. The molecule has 1 aliphatic rings. The maximum atomic E-state index is 12.3. The van der Waals surface area contributed by atoms with Crippen LogP contribution in [0.3, 0.4) is 0 Å². The van der Waals surface area contributed by atoms with Crippen molar-refractivity contribution in [3.63, 3.8) is 0 Å². The molecule has 27 heavy (non-hydrogen) atoms. The van der Waals surface area contributed by atoms with E-state index < -0.39 is 0 Å². The van der Waals surface area contributed by atoms with Gasteiger partial charge in [0.15, 0.2) is 11.5 Å². The highest BCUT2D eigenvalue weighted by atomic mass is 35.5. The number of H-pyrrole nitrogens is 1. The molecule has 1 aliphatic heterocycles. The molecule has 0 bridgehead atoms. The number of hydrogen-bond donors (Lipinski definition) is 2. The van der Waals surface area contributed by atoms with Gasteiger partial charge in [-0.15, -0.1) is 0 Å². The Bertz CT molecular complexity index is 1080. The summed E-state index contributed by atoms with van der Waals surface area (Å²) < 4.78 is 11.0. The monoisotopic (exact) mass is 385 g/mol. The number of ether oxygens (including phenoxy) is 2. The molecule has 138 valence electrons. The number of aromatic amines is 1. The summed E-state index contributed by atoms with van der Waals surface area (Å²) in [6.45, 7) is 0.912. The Morgan fingerprint density at radius 3 is 2.74 bits per heavy atom. The second-order valence-electron chi connectivity index (χ2n) is 6.05. The van der Waals surface area contributed by atoms with Crippen LogP contribution in [0.2, 0.25) is 5.02 Å². The summed E-state index contributed by atoms with van der Waals surface area (Å²) in [5.74, 6) is 1.31. The highest BCUT2D eigenvalue weighted by Crippen LogP contribution is 2.37. The van der Waals surface area contributed by atoms with Gasteiger partial charge in [0.1, 0.15) is 19.0 Å². The molecule has 0 saturated carbocycles. The van der Waals surface area contributed by atoms with Crippen LogP contribution >= 0.6 is 11.6 Å². The lowest BCUT2D eigenvalue weighted by atomic mass is 10.2. The van der Waals surface area contributed by atoms with Crippen molar-refractivity contribution >= 4 is 34.1 Å². The smallest absolute Gasteiger partial charge is 0.258 e. The topological polar surface area (TPSA) is 93.3 Å². The predicted octanol–water partition coefficient (Wildman–Crippen LogP) is 2.92. The maximum Gasteiger partial charge on any atom is 0.258 e. The van der Waals surface area contributed by atoms with Gasteiger partial charge in [0.05, 0.1) is 21.6 Å². The van der Waals surface area contributed by atoms with Crippen molar-refractivity contribution in [1.82, 2.24) is 9.97 Å². The van der Waals surface area contributed by atoms with Gasteiger partial charge in [-0.25, -0.2) is 4.98 Å². The standard InChI is InChI=1S/C19H16ClN3O4/c20-12-9-15-16(27-8-7-26-15)10-14(12)22-18(24)6-5-17-21-13-4-2-1-3-11(13)19(25)23-17/h1-4,9-10H,5-8H2,(H,22,24)(H,21,23,25). The molecule has 4 rings (SSSR count). The van der Waals surface area contributed by atoms with Crippen LogP contribution in [0.25, 0.3) is 10.9 Å². The van der Waals surface area contributed by atoms with Gasteiger partial charge >= 0.3 is 0 Å². The lowest BCUT2D eigenvalue weighted by Crippen LogP contribution is -2.18. The fraction of sp³-hybridized carbons (Fsp3) is 0.211. The van der Waals surface area contributed by atoms with Crippen molar-refractivity contribution in [3.05, 3.63) is 57.6 Å². The summed E-state index contributed by atoms with van der Waals surface area (Å²) in [6.07, 6.45) is 0.445. The van der Waals surface area contributed by atoms with Gasteiger partial charge in [-0.05, 0) is 12.1 Å². The molecule has 8 heteroatoms. The van der Waals surface area contributed by atoms with Crippen LogP contribution in [0.5, 0.6) is 11.5 Å². The first-order valence-electron chi connectivity index (χ1n) is 8.47. The van der Waals surface area contributed by atoms with E-state index in [1.807, 2.05) is 6.07 Å². The van der Waals surface area contributed by atoms with Crippen LogP contribution in [0, 0.1) is 0 Å². The van der Waals surface area contributed by atoms with Gasteiger partial charge in [-0.2, -0.15) is 0 Å². The lowest BCUT2D eigenvalue weighted by Gasteiger charge is -2.20. The van der Waals surface area contributed by atoms with Gasteiger partial charge in [-0.3, -0.25) is 9.59 Å². The zero-order valence-corrected chi connectivity index (χ0v) is 15.0.